The van der Waals surface area contributed by atoms with Crippen molar-refractivity contribution in [3.8, 4) is 0 Å². The van der Waals surface area contributed by atoms with Gasteiger partial charge in [0, 0.05) is 39.5 Å². The Bertz CT molecular complexity index is 789. The number of nitrogens with one attached hydrogen (secondary N) is 1. The van der Waals surface area contributed by atoms with Gasteiger partial charge in [0.15, 0.2) is 0 Å². The van der Waals surface area contributed by atoms with Crippen LogP contribution in [-0.4, -0.2) is 66.2 Å². The Kier molecular flexibility index (Phi) is 35.8. The Morgan fingerprint density at radius 3 is 1.37 bits per heavy atom. The van der Waals surface area contributed by atoms with Gasteiger partial charge in [0.1, 0.15) is 6.04 Å². The Labute approximate surface area is 307 Å². The summed E-state index contributed by atoms with van der Waals surface area (Å²) in [4.78, 5) is 44.0. The summed E-state index contributed by atoms with van der Waals surface area (Å²) in [5.74, 6) is -0.717. The van der Waals surface area contributed by atoms with Crippen molar-refractivity contribution >= 4 is 36.1 Å². The van der Waals surface area contributed by atoms with E-state index >= 15 is 0 Å². The van der Waals surface area contributed by atoms with Crippen LogP contribution in [0.2, 0.25) is 0 Å². The predicted octanol–water partition coefficient (Wildman–Crippen LogP) is 7.90. The van der Waals surface area contributed by atoms with E-state index in [0.717, 1.165) is 38.5 Å². The van der Waals surface area contributed by atoms with E-state index in [-0.39, 0.29) is 48.9 Å². The van der Waals surface area contributed by atoms with Gasteiger partial charge in [-0.05, 0) is 32.1 Å². The molecule has 0 rings (SSSR count). The number of nitrogens with two attached hydrogens (primary N) is 3. The molecule has 0 spiro atoms. The van der Waals surface area contributed by atoms with Gasteiger partial charge in [0.05, 0.1) is 0 Å². The molecule has 0 aromatic heterocycles. The van der Waals surface area contributed by atoms with Crippen LogP contribution < -0.4 is 22.6 Å². The molecular weight excluding hydrogens is 638 g/mol. The Morgan fingerprint density at radius 1 is 0.612 bits per heavy atom. The second-order valence-electron chi connectivity index (χ2n) is 13.7. The molecule has 1 atom stereocenters. The van der Waals surface area contributed by atoms with E-state index in [9.17, 15) is 14.4 Å². The number of hydrazone groups is 1. The zero-order valence-corrected chi connectivity index (χ0v) is 32.8. The first kappa shape index (κ1) is 49.0. The summed E-state index contributed by atoms with van der Waals surface area (Å²) in [5.41, 5.74) is 19.3. The number of guanidine groups is 1. The summed E-state index contributed by atoms with van der Waals surface area (Å²) in [6, 6.07) is -0.829. The lowest BCUT2D eigenvalue weighted by Crippen LogP contribution is -2.53. The van der Waals surface area contributed by atoms with Crippen LogP contribution >= 0.6 is 12.4 Å². The van der Waals surface area contributed by atoms with Gasteiger partial charge in [0.2, 0.25) is 23.7 Å². The van der Waals surface area contributed by atoms with Gasteiger partial charge in [-0.3, -0.25) is 19.3 Å². The van der Waals surface area contributed by atoms with Crippen molar-refractivity contribution in [2.24, 2.45) is 22.3 Å². The minimum absolute atomic E-state index is 0. The van der Waals surface area contributed by atoms with E-state index < -0.39 is 6.04 Å². The van der Waals surface area contributed by atoms with Crippen LogP contribution in [0, 0.1) is 0 Å². The van der Waals surface area contributed by atoms with Crippen molar-refractivity contribution in [3.63, 3.8) is 0 Å². The fraction of sp³-hybridized carbons (Fsp3) is 0.895. The monoisotopic (exact) mass is 716 g/mol. The van der Waals surface area contributed by atoms with Crippen molar-refractivity contribution < 1.29 is 14.4 Å². The molecule has 0 fully saturated rings. The molecule has 11 heteroatoms. The van der Waals surface area contributed by atoms with Crippen LogP contribution in [0.3, 0.4) is 0 Å². The first-order valence-corrected chi connectivity index (χ1v) is 19.9. The number of unbranched alkanes of at least 4 members (excludes halogenated alkanes) is 21. The van der Waals surface area contributed by atoms with E-state index in [1.807, 2.05) is 0 Å². The topological polar surface area (TPSA) is 160 Å². The molecule has 0 aliphatic carbocycles. The van der Waals surface area contributed by atoms with Crippen LogP contribution in [0.1, 0.15) is 187 Å². The highest BCUT2D eigenvalue weighted by molar-refractivity contribution is 6.00. The van der Waals surface area contributed by atoms with Crippen LogP contribution in [0.15, 0.2) is 5.10 Å². The summed E-state index contributed by atoms with van der Waals surface area (Å²) >= 11 is 0. The number of rotatable bonds is 34. The second-order valence-corrected chi connectivity index (χ2v) is 13.7. The summed E-state index contributed by atoms with van der Waals surface area (Å²) in [5, 5.41) is 3.80. The van der Waals surface area contributed by atoms with Crippen LogP contribution in [0.4, 0.5) is 0 Å². The first-order chi connectivity index (χ1) is 23.3. The number of amides is 3. The average Bonchev–Trinajstić information content (AvgIpc) is 3.06. The highest BCUT2D eigenvalue weighted by Gasteiger charge is 2.35. The molecule has 0 saturated carbocycles. The molecule has 0 aromatic rings. The summed E-state index contributed by atoms with van der Waals surface area (Å²) in [7, 11) is 1.70. The van der Waals surface area contributed by atoms with Crippen LogP contribution in [-0.2, 0) is 14.4 Å². The summed E-state index contributed by atoms with van der Waals surface area (Å²) in [6.45, 7) is 5.70. The lowest BCUT2D eigenvalue weighted by molar-refractivity contribution is -0.155. The Balaban J connectivity index is 0. The summed E-state index contributed by atoms with van der Waals surface area (Å²) < 4.78 is 0. The maximum atomic E-state index is 13.7. The van der Waals surface area contributed by atoms with Gasteiger partial charge in [0.25, 0.3) is 0 Å². The second kappa shape index (κ2) is 35.7. The maximum absolute atomic E-state index is 13.7. The molecule has 7 N–H and O–H groups in total. The standard InChI is InChI=1S/C38H77N7O3.ClH/c1-4-6-8-10-12-14-16-18-20-22-24-29-35(46)45(36(47)30-25-23-21-19-17-15-13-11-9-7-5-2)34(37(48)44(3)33-31-39)28-26-27-32-42-43-38(40)41;/h34,42H,4-33,39H2,1-3H3,(H4,40,41,43);1H/t34-;/m0./s1. The van der Waals surface area contributed by atoms with E-state index in [4.69, 9.17) is 17.2 Å². The predicted molar refractivity (Wildman–Crippen MR) is 209 cm³/mol. The third kappa shape index (κ3) is 28.3. The third-order valence-corrected chi connectivity index (χ3v) is 9.19. The number of carbonyl (C=O) groups is 3. The van der Waals surface area contributed by atoms with Gasteiger partial charge in [-0.25, -0.2) is 0 Å². The number of carbonyl (C=O) groups excluding carboxylic acids is 3. The smallest absolute Gasteiger partial charge is 0.245 e. The number of hydrogen-bond donors (Lipinski definition) is 4. The number of hydrogen-bond acceptors (Lipinski definition) is 6. The fourth-order valence-electron chi connectivity index (χ4n) is 6.22. The van der Waals surface area contributed by atoms with Gasteiger partial charge < -0.3 is 27.5 Å². The largest absolute Gasteiger partial charge is 0.369 e. The SMILES string of the molecule is CCCCCCCCCCCCCC(=O)N(C(=O)CCCCCCCCCCCCC)[C@@H](CCCCNN=C(N)N)C(=O)N(C)CCN.Cl. The normalized spacial score (nSPS) is 11.4. The van der Waals surface area contributed by atoms with Gasteiger partial charge in [-0.15, -0.1) is 17.5 Å². The van der Waals surface area contributed by atoms with Crippen LogP contribution in [0.25, 0.3) is 0 Å². The highest BCUT2D eigenvalue weighted by atomic mass is 35.5. The lowest BCUT2D eigenvalue weighted by Gasteiger charge is -2.32. The van der Waals surface area contributed by atoms with Crippen molar-refractivity contribution in [1.82, 2.24) is 15.2 Å². The lowest BCUT2D eigenvalue weighted by atomic mass is 10.0. The van der Waals surface area contributed by atoms with Crippen molar-refractivity contribution in [2.45, 2.75) is 193 Å². The molecule has 0 heterocycles. The molecule has 0 unspecified atom stereocenters. The van der Waals surface area contributed by atoms with Crippen molar-refractivity contribution in [1.29, 1.82) is 0 Å². The third-order valence-electron chi connectivity index (χ3n) is 9.19. The summed E-state index contributed by atoms with van der Waals surface area (Å²) in [6.07, 6.45) is 28.5. The van der Waals surface area contributed by atoms with E-state index in [1.54, 1.807) is 11.9 Å². The molecule has 0 aliphatic heterocycles. The highest BCUT2D eigenvalue weighted by Crippen LogP contribution is 2.20. The molecule has 0 radical (unpaired) electrons. The molecule has 0 saturated heterocycles. The van der Waals surface area contributed by atoms with E-state index in [2.05, 4.69) is 24.4 Å². The van der Waals surface area contributed by atoms with Crippen molar-refractivity contribution in [2.75, 3.05) is 26.7 Å². The first-order valence-electron chi connectivity index (χ1n) is 19.9. The minimum Gasteiger partial charge on any atom is -0.369 e. The fourth-order valence-corrected chi connectivity index (χ4v) is 6.22. The van der Waals surface area contributed by atoms with Gasteiger partial charge >= 0.3 is 0 Å². The molecule has 0 aliphatic rings. The molecule has 10 nitrogen and oxygen atoms in total. The molecular formula is C38H78ClN7O3. The van der Waals surface area contributed by atoms with Gasteiger partial charge in [-0.1, -0.05) is 142 Å². The number of imide groups is 1. The average molecular weight is 717 g/mol. The molecule has 49 heavy (non-hydrogen) atoms. The quantitative estimate of drug-likeness (QED) is 0.0228. The molecule has 0 aromatic carbocycles. The Morgan fingerprint density at radius 2 is 1.00 bits per heavy atom. The number of halogens is 1. The molecule has 3 amide bonds. The molecule has 290 valence electrons. The van der Waals surface area contributed by atoms with E-state index in [1.165, 1.54) is 108 Å². The Hall–Kier alpha value is -2.07. The molecule has 0 bridgehead atoms. The zero-order chi connectivity index (χ0) is 35.7. The number of nitrogens with zero attached hydrogens (tertiary/aromatic N) is 3. The zero-order valence-electron chi connectivity index (χ0n) is 32.0. The van der Waals surface area contributed by atoms with E-state index in [0.29, 0.717) is 38.9 Å². The van der Waals surface area contributed by atoms with Crippen LogP contribution in [0.5, 0.6) is 0 Å². The van der Waals surface area contributed by atoms with Gasteiger partial charge in [-0.2, -0.15) is 0 Å². The minimum atomic E-state index is -0.829. The maximum Gasteiger partial charge on any atom is 0.245 e. The van der Waals surface area contributed by atoms with Crippen molar-refractivity contribution in [3.05, 3.63) is 0 Å². The number of likely N-dealkylation sites (N-methyl/N-ethyl adjacent to an activating group) is 1.